The first kappa shape index (κ1) is 12.2. The molecule has 0 aliphatic carbocycles. The van der Waals surface area contributed by atoms with Crippen molar-refractivity contribution in [2.75, 3.05) is 37.8 Å². The van der Waals surface area contributed by atoms with Gasteiger partial charge in [-0.2, -0.15) is 0 Å². The third-order valence-corrected chi connectivity index (χ3v) is 4.04. The summed E-state index contributed by atoms with van der Waals surface area (Å²) in [5.74, 6) is 0. The van der Waals surface area contributed by atoms with Crippen LogP contribution in [0.5, 0.6) is 0 Å². The largest absolute Gasteiger partial charge is 0.397 e. The Morgan fingerprint density at radius 2 is 1.95 bits per heavy atom. The predicted octanol–water partition coefficient (Wildman–Crippen LogP) is 1.34. The van der Waals surface area contributed by atoms with E-state index in [9.17, 15) is 0 Å². The van der Waals surface area contributed by atoms with Gasteiger partial charge in [0.25, 0.3) is 0 Å². The normalized spacial score (nSPS) is 18.0. The van der Waals surface area contributed by atoms with Gasteiger partial charge in [-0.15, -0.1) is 0 Å². The molecule has 6 heteroatoms. The number of hydrogen-bond acceptors (Lipinski definition) is 6. The van der Waals surface area contributed by atoms with E-state index in [1.54, 1.807) is 0 Å². The predicted molar refractivity (Wildman–Crippen MR) is 75.1 cm³/mol. The first-order chi connectivity index (χ1) is 9.16. The van der Waals surface area contributed by atoms with Crippen molar-refractivity contribution < 1.29 is 4.63 Å². The molecule has 0 spiro atoms. The Morgan fingerprint density at radius 1 is 1.26 bits per heavy atom. The molecule has 1 aromatic carbocycles. The second-order valence-electron chi connectivity index (χ2n) is 5.28. The molecule has 1 aliphatic rings. The van der Waals surface area contributed by atoms with E-state index >= 15 is 0 Å². The molecule has 1 saturated heterocycles. The van der Waals surface area contributed by atoms with Gasteiger partial charge in [-0.1, -0.05) is 0 Å². The number of rotatable bonds is 2. The van der Waals surface area contributed by atoms with E-state index in [-0.39, 0.29) is 0 Å². The summed E-state index contributed by atoms with van der Waals surface area (Å²) >= 11 is 0. The molecular weight excluding hydrogens is 242 g/mol. The van der Waals surface area contributed by atoms with Crippen molar-refractivity contribution in [3.63, 3.8) is 0 Å². The smallest absolute Gasteiger partial charge is 0.160 e. The number of benzene rings is 1. The Balaban J connectivity index is 1.91. The van der Waals surface area contributed by atoms with Crippen LogP contribution in [0.2, 0.25) is 0 Å². The van der Waals surface area contributed by atoms with E-state index in [1.165, 1.54) is 0 Å². The topological polar surface area (TPSA) is 71.4 Å². The minimum Gasteiger partial charge on any atom is -0.397 e. The number of nitrogen functional groups attached to an aromatic ring is 1. The molecule has 2 heterocycles. The lowest BCUT2D eigenvalue weighted by atomic mass is 10.0. The zero-order valence-electron chi connectivity index (χ0n) is 11.3. The number of anilines is 2. The molecule has 2 N–H and O–H groups in total. The highest BCUT2D eigenvalue weighted by Gasteiger charge is 2.23. The molecule has 102 valence electrons. The molecule has 1 aliphatic heterocycles. The summed E-state index contributed by atoms with van der Waals surface area (Å²) in [6, 6.07) is 4.40. The quantitative estimate of drug-likeness (QED) is 0.822. The summed E-state index contributed by atoms with van der Waals surface area (Å²) in [5, 5.41) is 7.86. The molecule has 3 rings (SSSR count). The average Bonchev–Trinajstić information content (AvgIpc) is 2.89. The summed E-state index contributed by atoms with van der Waals surface area (Å²) < 4.78 is 4.83. The van der Waals surface area contributed by atoms with Crippen LogP contribution in [-0.4, -0.2) is 48.4 Å². The molecule has 0 amide bonds. The summed E-state index contributed by atoms with van der Waals surface area (Å²) in [4.78, 5) is 4.64. The molecule has 1 aromatic heterocycles. The van der Waals surface area contributed by atoms with Crippen LogP contribution in [-0.2, 0) is 0 Å². The lowest BCUT2D eigenvalue weighted by Gasteiger charge is -2.36. The third-order valence-electron chi connectivity index (χ3n) is 4.04. The Labute approximate surface area is 112 Å². The highest BCUT2D eigenvalue weighted by atomic mass is 16.6. The molecule has 0 unspecified atom stereocenters. The van der Waals surface area contributed by atoms with Crippen LogP contribution in [0.25, 0.3) is 11.0 Å². The fourth-order valence-corrected chi connectivity index (χ4v) is 2.74. The van der Waals surface area contributed by atoms with Gasteiger partial charge in [-0.3, -0.25) is 0 Å². The van der Waals surface area contributed by atoms with Crippen molar-refractivity contribution in [1.29, 1.82) is 0 Å². The molecule has 2 aromatic rings. The van der Waals surface area contributed by atoms with Crippen LogP contribution in [0.15, 0.2) is 16.8 Å². The standard InChI is InChI=1S/C13H19N5O/c1-17-7-5-9(6-8-17)18(2)11-4-3-10(14)12-13(11)16-19-15-12/h3-4,9H,5-8,14H2,1-2H3. The van der Waals surface area contributed by atoms with Crippen LogP contribution in [0.1, 0.15) is 12.8 Å². The third kappa shape index (κ3) is 2.12. The molecule has 0 radical (unpaired) electrons. The first-order valence-electron chi connectivity index (χ1n) is 6.59. The number of hydrogen-bond donors (Lipinski definition) is 1. The molecule has 0 saturated carbocycles. The SMILES string of the molecule is CN1CCC(N(C)c2ccc(N)c3nonc23)CC1. The minimum absolute atomic E-state index is 0.528. The van der Waals surface area contributed by atoms with Crippen molar-refractivity contribution in [1.82, 2.24) is 15.2 Å². The number of nitrogens with zero attached hydrogens (tertiary/aromatic N) is 4. The summed E-state index contributed by atoms with van der Waals surface area (Å²) in [7, 11) is 4.27. The van der Waals surface area contributed by atoms with Crippen molar-refractivity contribution in [3.05, 3.63) is 12.1 Å². The van der Waals surface area contributed by atoms with E-state index in [1.807, 2.05) is 12.1 Å². The molecule has 6 nitrogen and oxygen atoms in total. The van der Waals surface area contributed by atoms with Gasteiger partial charge in [-0.05, 0) is 55.4 Å². The second-order valence-corrected chi connectivity index (χ2v) is 5.28. The van der Waals surface area contributed by atoms with Gasteiger partial charge in [0, 0.05) is 13.1 Å². The van der Waals surface area contributed by atoms with E-state index in [4.69, 9.17) is 10.4 Å². The van der Waals surface area contributed by atoms with Crippen LogP contribution in [0.4, 0.5) is 11.4 Å². The van der Waals surface area contributed by atoms with Gasteiger partial charge in [0.2, 0.25) is 0 Å². The lowest BCUT2D eigenvalue weighted by Crippen LogP contribution is -2.42. The summed E-state index contributed by atoms with van der Waals surface area (Å²) in [6.45, 7) is 2.26. The van der Waals surface area contributed by atoms with Gasteiger partial charge < -0.3 is 15.5 Å². The van der Waals surface area contributed by atoms with Crippen LogP contribution < -0.4 is 10.6 Å². The van der Waals surface area contributed by atoms with Crippen molar-refractivity contribution in [2.24, 2.45) is 0 Å². The number of nitrogens with two attached hydrogens (primary N) is 1. The number of aromatic nitrogens is 2. The zero-order valence-corrected chi connectivity index (χ0v) is 11.3. The van der Waals surface area contributed by atoms with E-state index in [0.717, 1.165) is 37.1 Å². The molecule has 0 bridgehead atoms. The maximum atomic E-state index is 5.88. The van der Waals surface area contributed by atoms with Gasteiger partial charge in [0.1, 0.15) is 0 Å². The second kappa shape index (κ2) is 4.70. The minimum atomic E-state index is 0.528. The Bertz CT molecular complexity index is 573. The Morgan fingerprint density at radius 3 is 2.68 bits per heavy atom. The van der Waals surface area contributed by atoms with Gasteiger partial charge in [0.15, 0.2) is 11.0 Å². The molecular formula is C13H19N5O. The first-order valence-corrected chi connectivity index (χ1v) is 6.59. The summed E-state index contributed by atoms with van der Waals surface area (Å²) in [5.41, 5.74) is 8.93. The van der Waals surface area contributed by atoms with Crippen molar-refractivity contribution in [3.8, 4) is 0 Å². The van der Waals surface area contributed by atoms with Gasteiger partial charge in [-0.25, -0.2) is 4.63 Å². The van der Waals surface area contributed by atoms with E-state index in [0.29, 0.717) is 17.2 Å². The molecule has 1 fully saturated rings. The van der Waals surface area contributed by atoms with Crippen LogP contribution in [0.3, 0.4) is 0 Å². The molecule has 0 atom stereocenters. The van der Waals surface area contributed by atoms with Gasteiger partial charge in [0.05, 0.1) is 11.4 Å². The van der Waals surface area contributed by atoms with Crippen molar-refractivity contribution >= 4 is 22.4 Å². The highest BCUT2D eigenvalue weighted by Crippen LogP contribution is 2.30. The van der Waals surface area contributed by atoms with Gasteiger partial charge >= 0.3 is 0 Å². The highest BCUT2D eigenvalue weighted by molar-refractivity contribution is 5.95. The zero-order chi connectivity index (χ0) is 13.4. The Kier molecular flexibility index (Phi) is 3.02. The fraction of sp³-hybridized carbons (Fsp3) is 0.538. The Hall–Kier alpha value is -1.82. The van der Waals surface area contributed by atoms with Crippen LogP contribution >= 0.6 is 0 Å². The number of likely N-dealkylation sites (tertiary alicyclic amines) is 1. The lowest BCUT2D eigenvalue weighted by molar-refractivity contribution is 0.253. The summed E-state index contributed by atoms with van der Waals surface area (Å²) in [6.07, 6.45) is 2.31. The maximum Gasteiger partial charge on any atom is 0.160 e. The fourth-order valence-electron chi connectivity index (χ4n) is 2.74. The van der Waals surface area contributed by atoms with Crippen molar-refractivity contribution in [2.45, 2.75) is 18.9 Å². The van der Waals surface area contributed by atoms with Crippen LogP contribution in [0, 0.1) is 0 Å². The molecule has 19 heavy (non-hydrogen) atoms. The monoisotopic (exact) mass is 261 g/mol. The maximum absolute atomic E-state index is 5.88. The average molecular weight is 261 g/mol. The van der Waals surface area contributed by atoms with E-state index < -0.39 is 0 Å². The number of piperidine rings is 1. The number of fused-ring (bicyclic) bond motifs is 1. The van der Waals surface area contributed by atoms with E-state index in [2.05, 4.69) is 34.2 Å².